The fourth-order valence-corrected chi connectivity index (χ4v) is 4.01. The Hall–Kier alpha value is -3.18. The second kappa shape index (κ2) is 12.4. The summed E-state index contributed by atoms with van der Waals surface area (Å²) in [6.45, 7) is 4.70. The summed E-state index contributed by atoms with van der Waals surface area (Å²) in [5, 5.41) is 13.2. The second-order valence-electron chi connectivity index (χ2n) is 9.38. The predicted molar refractivity (Wildman–Crippen MR) is 136 cm³/mol. The van der Waals surface area contributed by atoms with Gasteiger partial charge in [-0.3, -0.25) is 19.4 Å². The molecule has 2 N–H and O–H groups in total. The van der Waals surface area contributed by atoms with E-state index in [4.69, 9.17) is 16.4 Å². The number of nitrogens with zero attached hydrogens (tertiary/aromatic N) is 3. The largest absolute Gasteiger partial charge is 0.396 e. The number of halogens is 3. The number of benzene rings is 2. The number of aliphatic hydroxyl groups excluding tert-OH is 1. The SMILES string of the molecule is CC(=O)N(NCc1cccc(F)c1Cl)[C@H](CON(C=O)c1cc2cc(F)ccc2cn1)CC(C)(C)CO. The highest BCUT2D eigenvalue weighted by Gasteiger charge is 2.30. The number of carbonyl (C=O) groups is 2. The third-order valence-corrected chi connectivity index (χ3v) is 6.21. The highest BCUT2D eigenvalue weighted by Crippen LogP contribution is 2.26. The number of carbonyl (C=O) groups excluding carboxylic acids is 2. The lowest BCUT2D eigenvalue weighted by molar-refractivity contribution is -0.139. The monoisotopic (exact) mass is 534 g/mol. The first-order valence-corrected chi connectivity index (χ1v) is 11.9. The van der Waals surface area contributed by atoms with Crippen LogP contribution in [0.2, 0.25) is 5.02 Å². The maximum absolute atomic E-state index is 13.9. The predicted octanol–water partition coefficient (Wildman–Crippen LogP) is 4.39. The molecule has 37 heavy (non-hydrogen) atoms. The number of fused-ring (bicyclic) bond motifs is 1. The summed E-state index contributed by atoms with van der Waals surface area (Å²) in [4.78, 5) is 34.4. The van der Waals surface area contributed by atoms with Crippen molar-refractivity contribution in [1.82, 2.24) is 15.4 Å². The highest BCUT2D eigenvalue weighted by atomic mass is 35.5. The quantitative estimate of drug-likeness (QED) is 0.264. The van der Waals surface area contributed by atoms with Gasteiger partial charge >= 0.3 is 0 Å². The van der Waals surface area contributed by atoms with Crippen LogP contribution in [-0.4, -0.2) is 46.7 Å². The van der Waals surface area contributed by atoms with Gasteiger partial charge in [0, 0.05) is 31.7 Å². The lowest BCUT2D eigenvalue weighted by Gasteiger charge is -2.36. The van der Waals surface area contributed by atoms with Gasteiger partial charge in [-0.2, -0.15) is 5.06 Å². The van der Waals surface area contributed by atoms with Gasteiger partial charge in [0.1, 0.15) is 11.6 Å². The average molecular weight is 535 g/mol. The molecule has 2 aromatic carbocycles. The zero-order valence-electron chi connectivity index (χ0n) is 20.7. The summed E-state index contributed by atoms with van der Waals surface area (Å²) in [5.41, 5.74) is 2.80. The maximum atomic E-state index is 13.9. The molecule has 0 aliphatic carbocycles. The summed E-state index contributed by atoms with van der Waals surface area (Å²) in [7, 11) is 0. The van der Waals surface area contributed by atoms with Crippen molar-refractivity contribution in [2.75, 3.05) is 18.3 Å². The number of amides is 2. The van der Waals surface area contributed by atoms with Gasteiger partial charge in [0.25, 0.3) is 0 Å². The van der Waals surface area contributed by atoms with E-state index >= 15 is 0 Å². The molecule has 1 atom stereocenters. The van der Waals surface area contributed by atoms with Crippen LogP contribution >= 0.6 is 11.6 Å². The molecule has 2 amide bonds. The third-order valence-electron chi connectivity index (χ3n) is 5.79. The van der Waals surface area contributed by atoms with Crippen LogP contribution in [0.15, 0.2) is 48.7 Å². The van der Waals surface area contributed by atoms with Gasteiger partial charge in [0.05, 0.1) is 17.7 Å². The van der Waals surface area contributed by atoms with Gasteiger partial charge in [-0.1, -0.05) is 37.6 Å². The van der Waals surface area contributed by atoms with Crippen LogP contribution in [0.4, 0.5) is 14.6 Å². The Morgan fingerprint density at radius 3 is 2.68 bits per heavy atom. The molecule has 0 radical (unpaired) electrons. The van der Waals surface area contributed by atoms with E-state index in [0.717, 1.165) is 5.06 Å². The number of nitrogens with one attached hydrogen (secondary N) is 1. The van der Waals surface area contributed by atoms with Crippen molar-refractivity contribution in [3.8, 4) is 0 Å². The number of hydrogen-bond acceptors (Lipinski definition) is 6. The lowest BCUT2D eigenvalue weighted by atomic mass is 9.86. The molecule has 0 bridgehead atoms. The van der Waals surface area contributed by atoms with Crippen molar-refractivity contribution in [3.05, 3.63) is 70.9 Å². The fraction of sp³-hybridized carbons (Fsp3) is 0.346. The number of pyridine rings is 1. The van der Waals surface area contributed by atoms with Crippen molar-refractivity contribution in [3.63, 3.8) is 0 Å². The molecule has 8 nitrogen and oxygen atoms in total. The van der Waals surface area contributed by atoms with Crippen LogP contribution in [0.3, 0.4) is 0 Å². The third kappa shape index (κ3) is 7.42. The molecule has 0 aliphatic heterocycles. The van der Waals surface area contributed by atoms with Gasteiger partial charge in [-0.15, -0.1) is 0 Å². The second-order valence-corrected chi connectivity index (χ2v) is 9.76. The van der Waals surface area contributed by atoms with E-state index in [1.807, 2.05) is 13.8 Å². The van der Waals surface area contributed by atoms with Crippen molar-refractivity contribution < 1.29 is 28.3 Å². The van der Waals surface area contributed by atoms with Crippen molar-refractivity contribution in [1.29, 1.82) is 0 Å². The first-order chi connectivity index (χ1) is 17.5. The molecule has 11 heteroatoms. The molecule has 3 rings (SSSR count). The van der Waals surface area contributed by atoms with Crippen LogP contribution in [0.1, 0.15) is 32.8 Å². The van der Waals surface area contributed by atoms with Crippen molar-refractivity contribution in [2.45, 2.75) is 39.8 Å². The summed E-state index contributed by atoms with van der Waals surface area (Å²) in [6, 6.07) is 9.41. The molecule has 0 saturated carbocycles. The zero-order valence-corrected chi connectivity index (χ0v) is 21.5. The Morgan fingerprint density at radius 1 is 1.24 bits per heavy atom. The van der Waals surface area contributed by atoms with E-state index in [1.165, 1.54) is 48.5 Å². The molecule has 0 aliphatic rings. The topological polar surface area (TPSA) is 95.0 Å². The number of anilines is 1. The van der Waals surface area contributed by atoms with Gasteiger partial charge in [-0.25, -0.2) is 19.2 Å². The zero-order chi connectivity index (χ0) is 27.2. The van der Waals surface area contributed by atoms with Crippen LogP contribution < -0.4 is 10.5 Å². The normalized spacial score (nSPS) is 12.4. The number of hydroxylamine groups is 1. The lowest BCUT2D eigenvalue weighted by Crippen LogP contribution is -2.52. The van der Waals surface area contributed by atoms with Gasteiger partial charge in [0.2, 0.25) is 12.3 Å². The van der Waals surface area contributed by atoms with Crippen molar-refractivity contribution >= 4 is 40.5 Å². The van der Waals surface area contributed by atoms with Gasteiger partial charge < -0.3 is 5.11 Å². The molecule has 0 spiro atoms. The number of aromatic nitrogens is 1. The summed E-state index contributed by atoms with van der Waals surface area (Å²) in [6.07, 6.45) is 2.19. The molecule has 1 heterocycles. The Bertz CT molecular complexity index is 1260. The highest BCUT2D eigenvalue weighted by molar-refractivity contribution is 6.31. The van der Waals surface area contributed by atoms with E-state index in [-0.39, 0.29) is 42.9 Å². The Balaban J connectivity index is 1.82. The molecular weight excluding hydrogens is 506 g/mol. The Morgan fingerprint density at radius 2 is 2.00 bits per heavy atom. The van der Waals surface area contributed by atoms with E-state index in [2.05, 4.69) is 10.4 Å². The van der Waals surface area contributed by atoms with E-state index in [1.54, 1.807) is 12.1 Å². The molecule has 0 saturated heterocycles. The molecule has 0 fully saturated rings. The van der Waals surface area contributed by atoms with Gasteiger partial charge in [-0.05, 0) is 53.1 Å². The number of aliphatic hydroxyl groups is 1. The molecule has 0 unspecified atom stereocenters. The van der Waals surface area contributed by atoms with Crippen LogP contribution in [0, 0.1) is 17.0 Å². The van der Waals surface area contributed by atoms with Crippen LogP contribution in [0.25, 0.3) is 10.8 Å². The summed E-state index contributed by atoms with van der Waals surface area (Å²) < 4.78 is 27.5. The number of hydrogen-bond donors (Lipinski definition) is 2. The van der Waals surface area contributed by atoms with E-state index in [9.17, 15) is 23.5 Å². The molecular formula is C26H29ClF2N4O4. The first kappa shape index (κ1) is 28.4. The minimum Gasteiger partial charge on any atom is -0.396 e. The minimum absolute atomic E-state index is 0.0431. The average Bonchev–Trinajstić information content (AvgIpc) is 2.86. The van der Waals surface area contributed by atoms with E-state index < -0.39 is 23.1 Å². The number of rotatable bonds is 12. The number of hydrazine groups is 1. The summed E-state index contributed by atoms with van der Waals surface area (Å²) in [5.74, 6) is -1.26. The van der Waals surface area contributed by atoms with Crippen LogP contribution in [-0.2, 0) is 21.0 Å². The van der Waals surface area contributed by atoms with Crippen molar-refractivity contribution in [2.24, 2.45) is 5.41 Å². The first-order valence-electron chi connectivity index (χ1n) is 11.5. The Labute approximate surface area is 218 Å². The molecule has 3 aromatic rings. The standard InChI is InChI=1S/C26H29ClF2N4O4/c1-17(36)33(31-13-19-5-4-6-23(29)25(19)27)22(11-26(2,3)15-34)14-37-32(16-35)24-10-20-9-21(28)8-7-18(20)12-30-24/h4-10,12,16,22,31,34H,11,13-15H2,1-3H3/t22-/m0/s1. The van der Waals surface area contributed by atoms with Gasteiger partial charge in [0.15, 0.2) is 5.82 Å². The smallest absolute Gasteiger partial charge is 0.239 e. The molecule has 198 valence electrons. The van der Waals surface area contributed by atoms with Crippen LogP contribution in [0.5, 0.6) is 0 Å². The Kier molecular flexibility index (Phi) is 9.50. The maximum Gasteiger partial charge on any atom is 0.239 e. The fourth-order valence-electron chi connectivity index (χ4n) is 3.82. The summed E-state index contributed by atoms with van der Waals surface area (Å²) >= 11 is 6.05. The minimum atomic E-state index is -0.660. The molecule has 1 aromatic heterocycles. The van der Waals surface area contributed by atoms with E-state index in [0.29, 0.717) is 22.7 Å².